The highest BCUT2D eigenvalue weighted by molar-refractivity contribution is 5.90. The van der Waals surface area contributed by atoms with Crippen LogP contribution in [-0.2, 0) is 0 Å². The standard InChI is InChI=1S/C21H26N2O/c1-16-11-13-18(14-12-16)20-10-4-3-7-15-23(20)21(24)22-19-9-6-5-8-17(19)2/h5-6,8-9,11-14,20H,3-4,7,10,15H2,1-2H3,(H,22,24). The van der Waals surface area contributed by atoms with Gasteiger partial charge in [-0.25, -0.2) is 4.79 Å². The second kappa shape index (κ2) is 7.52. The van der Waals surface area contributed by atoms with Crippen LogP contribution in [0.3, 0.4) is 0 Å². The summed E-state index contributed by atoms with van der Waals surface area (Å²) >= 11 is 0. The molecule has 2 aromatic carbocycles. The van der Waals surface area contributed by atoms with Gasteiger partial charge in [0.25, 0.3) is 0 Å². The van der Waals surface area contributed by atoms with Crippen LogP contribution < -0.4 is 5.32 Å². The summed E-state index contributed by atoms with van der Waals surface area (Å²) in [6, 6.07) is 16.7. The van der Waals surface area contributed by atoms with Gasteiger partial charge in [-0.3, -0.25) is 0 Å². The molecule has 24 heavy (non-hydrogen) atoms. The maximum Gasteiger partial charge on any atom is 0.322 e. The van der Waals surface area contributed by atoms with E-state index >= 15 is 0 Å². The Morgan fingerprint density at radius 3 is 2.50 bits per heavy atom. The first-order valence-corrected chi connectivity index (χ1v) is 8.85. The Morgan fingerprint density at radius 2 is 1.75 bits per heavy atom. The lowest BCUT2D eigenvalue weighted by Crippen LogP contribution is -2.38. The summed E-state index contributed by atoms with van der Waals surface area (Å²) in [4.78, 5) is 15.0. The fraction of sp³-hybridized carbons (Fsp3) is 0.381. The minimum Gasteiger partial charge on any atom is -0.317 e. The lowest BCUT2D eigenvalue weighted by atomic mass is 10.00. The number of nitrogens with zero attached hydrogens (tertiary/aromatic N) is 1. The largest absolute Gasteiger partial charge is 0.322 e. The highest BCUT2D eigenvalue weighted by Crippen LogP contribution is 2.31. The van der Waals surface area contributed by atoms with Gasteiger partial charge in [-0.1, -0.05) is 60.9 Å². The van der Waals surface area contributed by atoms with Gasteiger partial charge in [0.05, 0.1) is 6.04 Å². The Bertz CT molecular complexity index is 693. The van der Waals surface area contributed by atoms with E-state index < -0.39 is 0 Å². The van der Waals surface area contributed by atoms with Crippen molar-refractivity contribution in [1.29, 1.82) is 0 Å². The van der Waals surface area contributed by atoms with Crippen molar-refractivity contribution in [2.45, 2.75) is 45.6 Å². The topological polar surface area (TPSA) is 32.3 Å². The minimum absolute atomic E-state index is 0.0109. The minimum atomic E-state index is 0.0109. The van der Waals surface area contributed by atoms with Crippen LogP contribution in [0.5, 0.6) is 0 Å². The normalized spacial score (nSPS) is 18.1. The number of carbonyl (C=O) groups is 1. The number of hydrogen-bond acceptors (Lipinski definition) is 1. The van der Waals surface area contributed by atoms with Gasteiger partial charge in [-0.2, -0.15) is 0 Å². The number of urea groups is 1. The zero-order valence-corrected chi connectivity index (χ0v) is 14.6. The van der Waals surface area contributed by atoms with Crippen LogP contribution in [0.2, 0.25) is 0 Å². The van der Waals surface area contributed by atoms with E-state index in [1.165, 1.54) is 24.0 Å². The van der Waals surface area contributed by atoms with E-state index in [9.17, 15) is 4.79 Å². The molecule has 0 aliphatic carbocycles. The van der Waals surface area contributed by atoms with Gasteiger partial charge in [-0.15, -0.1) is 0 Å². The van der Waals surface area contributed by atoms with Crippen molar-refractivity contribution >= 4 is 11.7 Å². The van der Waals surface area contributed by atoms with Crippen LogP contribution >= 0.6 is 0 Å². The second-order valence-corrected chi connectivity index (χ2v) is 6.71. The van der Waals surface area contributed by atoms with Crippen molar-refractivity contribution in [1.82, 2.24) is 4.90 Å². The molecule has 1 fully saturated rings. The molecule has 0 radical (unpaired) electrons. The summed E-state index contributed by atoms with van der Waals surface area (Å²) in [6.45, 7) is 4.94. The molecule has 2 amide bonds. The van der Waals surface area contributed by atoms with E-state index in [1.54, 1.807) is 0 Å². The first-order chi connectivity index (χ1) is 11.6. The summed E-state index contributed by atoms with van der Waals surface area (Å²) in [6.07, 6.45) is 4.47. The van der Waals surface area contributed by atoms with Gasteiger partial charge >= 0.3 is 6.03 Å². The van der Waals surface area contributed by atoms with Crippen LogP contribution in [0.1, 0.15) is 48.4 Å². The third-order valence-corrected chi connectivity index (χ3v) is 4.86. The van der Waals surface area contributed by atoms with Gasteiger partial charge < -0.3 is 10.2 Å². The van der Waals surface area contributed by atoms with Crippen LogP contribution in [0.15, 0.2) is 48.5 Å². The molecule has 126 valence electrons. The van der Waals surface area contributed by atoms with Crippen LogP contribution in [-0.4, -0.2) is 17.5 Å². The molecule has 0 spiro atoms. The van der Waals surface area contributed by atoms with Crippen molar-refractivity contribution < 1.29 is 4.79 Å². The first kappa shape index (κ1) is 16.6. The molecule has 1 saturated heterocycles. The summed E-state index contributed by atoms with van der Waals surface area (Å²) in [5, 5.41) is 3.11. The predicted molar refractivity (Wildman–Crippen MR) is 99.3 cm³/mol. The number of para-hydroxylation sites is 1. The smallest absolute Gasteiger partial charge is 0.317 e. The number of likely N-dealkylation sites (tertiary alicyclic amines) is 1. The molecular formula is C21H26N2O. The van der Waals surface area contributed by atoms with E-state index in [4.69, 9.17) is 0 Å². The van der Waals surface area contributed by atoms with Crippen LogP contribution in [0.4, 0.5) is 10.5 Å². The van der Waals surface area contributed by atoms with Crippen LogP contribution in [0.25, 0.3) is 0 Å². The fourth-order valence-electron chi connectivity index (χ4n) is 3.39. The van der Waals surface area contributed by atoms with E-state index in [1.807, 2.05) is 36.1 Å². The molecule has 0 bridgehead atoms. The quantitative estimate of drug-likeness (QED) is 0.783. The second-order valence-electron chi connectivity index (χ2n) is 6.71. The Kier molecular flexibility index (Phi) is 5.19. The van der Waals surface area contributed by atoms with E-state index in [0.717, 1.165) is 30.6 Å². The maximum atomic E-state index is 12.9. The third-order valence-electron chi connectivity index (χ3n) is 4.86. The van der Waals surface area contributed by atoms with Gasteiger partial charge in [0.15, 0.2) is 0 Å². The van der Waals surface area contributed by atoms with Gasteiger partial charge in [0, 0.05) is 12.2 Å². The Balaban J connectivity index is 1.82. The lowest BCUT2D eigenvalue weighted by molar-refractivity contribution is 0.189. The summed E-state index contributed by atoms with van der Waals surface area (Å²) in [5.74, 6) is 0. The molecule has 1 heterocycles. The molecule has 1 N–H and O–H groups in total. The van der Waals surface area contributed by atoms with Gasteiger partial charge in [-0.05, 0) is 43.9 Å². The molecule has 2 aromatic rings. The van der Waals surface area contributed by atoms with Crippen molar-refractivity contribution in [2.75, 3.05) is 11.9 Å². The summed E-state index contributed by atoms with van der Waals surface area (Å²) < 4.78 is 0. The molecule has 1 atom stereocenters. The molecule has 3 heteroatoms. The number of anilines is 1. The molecule has 0 saturated carbocycles. The number of rotatable bonds is 2. The van der Waals surface area contributed by atoms with Crippen LogP contribution in [0, 0.1) is 13.8 Å². The average molecular weight is 322 g/mol. The number of amides is 2. The maximum absolute atomic E-state index is 12.9. The first-order valence-electron chi connectivity index (χ1n) is 8.85. The van der Waals surface area contributed by atoms with Crippen molar-refractivity contribution in [2.24, 2.45) is 0 Å². The van der Waals surface area contributed by atoms with Crippen molar-refractivity contribution in [3.63, 3.8) is 0 Å². The zero-order chi connectivity index (χ0) is 16.9. The number of nitrogens with one attached hydrogen (secondary N) is 1. The Morgan fingerprint density at radius 1 is 1.00 bits per heavy atom. The fourth-order valence-corrected chi connectivity index (χ4v) is 3.39. The van der Waals surface area contributed by atoms with Gasteiger partial charge in [0.1, 0.15) is 0 Å². The molecule has 3 rings (SSSR count). The number of aryl methyl sites for hydroxylation is 2. The summed E-state index contributed by atoms with van der Waals surface area (Å²) in [7, 11) is 0. The number of benzene rings is 2. The van der Waals surface area contributed by atoms with Crippen molar-refractivity contribution in [3.8, 4) is 0 Å². The monoisotopic (exact) mass is 322 g/mol. The molecule has 1 aliphatic heterocycles. The van der Waals surface area contributed by atoms with Crippen molar-refractivity contribution in [3.05, 3.63) is 65.2 Å². The lowest BCUT2D eigenvalue weighted by Gasteiger charge is -2.31. The predicted octanol–water partition coefficient (Wildman–Crippen LogP) is 5.45. The number of hydrogen-bond donors (Lipinski definition) is 1. The van der Waals surface area contributed by atoms with E-state index in [0.29, 0.717) is 0 Å². The Hall–Kier alpha value is -2.29. The molecule has 3 nitrogen and oxygen atoms in total. The SMILES string of the molecule is Cc1ccc(C2CCCCCN2C(=O)Nc2ccccc2C)cc1. The van der Waals surface area contributed by atoms with Gasteiger partial charge in [0.2, 0.25) is 0 Å². The van der Waals surface area contributed by atoms with E-state index in [-0.39, 0.29) is 12.1 Å². The van der Waals surface area contributed by atoms with E-state index in [2.05, 4.69) is 36.5 Å². The summed E-state index contributed by atoms with van der Waals surface area (Å²) in [5.41, 5.74) is 4.48. The molecular weight excluding hydrogens is 296 g/mol. The highest BCUT2D eigenvalue weighted by Gasteiger charge is 2.26. The molecule has 1 unspecified atom stereocenters. The highest BCUT2D eigenvalue weighted by atomic mass is 16.2. The average Bonchev–Trinajstić information content (AvgIpc) is 2.84. The molecule has 0 aromatic heterocycles. The number of carbonyl (C=O) groups excluding carboxylic acids is 1. The zero-order valence-electron chi connectivity index (χ0n) is 14.6. The molecule has 1 aliphatic rings. The third kappa shape index (κ3) is 3.78. The Labute approximate surface area is 144 Å².